The van der Waals surface area contributed by atoms with E-state index in [1.807, 2.05) is 0 Å². The molecule has 0 saturated carbocycles. The van der Waals surface area contributed by atoms with E-state index in [4.69, 9.17) is 5.14 Å². The molecule has 2 rings (SSSR count). The van der Waals surface area contributed by atoms with Gasteiger partial charge in [0.05, 0.1) is 10.6 Å². The molecule has 2 aromatic rings. The summed E-state index contributed by atoms with van der Waals surface area (Å²) in [4.78, 5) is 4.32. The van der Waals surface area contributed by atoms with Crippen LogP contribution in [0, 0.1) is 5.92 Å². The van der Waals surface area contributed by atoms with E-state index in [0.29, 0.717) is 23.9 Å². The van der Waals surface area contributed by atoms with Gasteiger partial charge < -0.3 is 5.11 Å². The lowest BCUT2D eigenvalue weighted by atomic mass is 10.1. The minimum atomic E-state index is -3.72. The lowest BCUT2D eigenvalue weighted by molar-refractivity contribution is 0.271. The molecule has 8 heteroatoms. The minimum absolute atomic E-state index is 0.0409. The Morgan fingerprint density at radius 1 is 1.29 bits per heavy atom. The molecule has 1 heterocycles. The monoisotopic (exact) mass is 310 g/mol. The zero-order valence-electron chi connectivity index (χ0n) is 11.9. The first-order chi connectivity index (χ1) is 9.81. The van der Waals surface area contributed by atoms with Crippen LogP contribution in [0.4, 0.5) is 0 Å². The Hall–Kier alpha value is -1.77. The van der Waals surface area contributed by atoms with Crippen LogP contribution in [0.2, 0.25) is 0 Å². The number of aliphatic hydroxyl groups excluding tert-OH is 1. The zero-order valence-corrected chi connectivity index (χ0v) is 12.7. The minimum Gasteiger partial charge on any atom is -0.388 e. The summed E-state index contributed by atoms with van der Waals surface area (Å²) in [5, 5.41) is 18.5. The zero-order chi connectivity index (χ0) is 15.6. The van der Waals surface area contributed by atoms with Crippen molar-refractivity contribution in [2.24, 2.45) is 11.1 Å². The molecule has 0 saturated heterocycles. The molecule has 0 aliphatic heterocycles. The summed E-state index contributed by atoms with van der Waals surface area (Å²) >= 11 is 0. The highest BCUT2D eigenvalue weighted by Gasteiger charge is 2.14. The molecule has 0 amide bonds. The highest BCUT2D eigenvalue weighted by atomic mass is 32.2. The number of sulfonamides is 1. The molecule has 0 bridgehead atoms. The van der Waals surface area contributed by atoms with Crippen molar-refractivity contribution in [3.05, 3.63) is 35.9 Å². The van der Waals surface area contributed by atoms with E-state index in [1.165, 1.54) is 12.1 Å². The largest absolute Gasteiger partial charge is 0.388 e. The predicted octanol–water partition coefficient (Wildman–Crippen LogP) is 0.606. The van der Waals surface area contributed by atoms with Crippen LogP contribution in [-0.2, 0) is 23.1 Å². The van der Waals surface area contributed by atoms with Gasteiger partial charge in [0.1, 0.15) is 12.4 Å². The van der Waals surface area contributed by atoms with Gasteiger partial charge in [0.2, 0.25) is 10.0 Å². The summed E-state index contributed by atoms with van der Waals surface area (Å²) in [5.74, 6) is 1.43. The van der Waals surface area contributed by atoms with E-state index in [1.54, 1.807) is 16.8 Å². The standard InChI is InChI=1S/C13H18N4O3S/c1-9(2)7-13-15-12(8-18)16-17(13)10-3-5-11(6-4-10)21(14,19)20/h3-6,9,18H,7-8H2,1-2H3,(H2,14,19,20). The van der Waals surface area contributed by atoms with Crippen LogP contribution in [0.1, 0.15) is 25.5 Å². The Bertz CT molecular complexity index is 720. The van der Waals surface area contributed by atoms with Crippen molar-refractivity contribution in [2.45, 2.75) is 31.8 Å². The molecule has 1 aromatic heterocycles. The van der Waals surface area contributed by atoms with Gasteiger partial charge in [-0.3, -0.25) is 0 Å². The fourth-order valence-electron chi connectivity index (χ4n) is 1.94. The normalized spacial score (nSPS) is 12.0. The molecule has 0 aliphatic rings. The van der Waals surface area contributed by atoms with Gasteiger partial charge in [-0.25, -0.2) is 23.2 Å². The average Bonchev–Trinajstić information content (AvgIpc) is 2.80. The van der Waals surface area contributed by atoms with Crippen LogP contribution in [-0.4, -0.2) is 28.3 Å². The molecule has 0 atom stereocenters. The lowest BCUT2D eigenvalue weighted by Crippen LogP contribution is -2.12. The van der Waals surface area contributed by atoms with Crippen molar-refractivity contribution in [1.29, 1.82) is 0 Å². The number of hydrogen-bond acceptors (Lipinski definition) is 5. The highest BCUT2D eigenvalue weighted by molar-refractivity contribution is 7.89. The summed E-state index contributed by atoms with van der Waals surface area (Å²) in [6.45, 7) is 3.87. The van der Waals surface area contributed by atoms with Crippen LogP contribution in [0.25, 0.3) is 5.69 Å². The topological polar surface area (TPSA) is 111 Å². The number of primary sulfonamides is 1. The number of nitrogens with two attached hydrogens (primary N) is 1. The summed E-state index contributed by atoms with van der Waals surface area (Å²) in [7, 11) is -3.72. The number of rotatable bonds is 5. The maximum atomic E-state index is 11.3. The highest BCUT2D eigenvalue weighted by Crippen LogP contribution is 2.16. The summed E-state index contributed by atoms with van der Waals surface area (Å²) in [5.41, 5.74) is 0.672. The second kappa shape index (κ2) is 5.92. The van der Waals surface area contributed by atoms with Gasteiger partial charge >= 0.3 is 0 Å². The van der Waals surface area contributed by atoms with Gasteiger partial charge in [-0.05, 0) is 30.2 Å². The van der Waals surface area contributed by atoms with Crippen molar-refractivity contribution < 1.29 is 13.5 Å². The van der Waals surface area contributed by atoms with Crippen molar-refractivity contribution in [3.63, 3.8) is 0 Å². The first kappa shape index (κ1) is 15.6. The smallest absolute Gasteiger partial charge is 0.238 e. The van der Waals surface area contributed by atoms with Gasteiger partial charge in [0.15, 0.2) is 5.82 Å². The first-order valence-electron chi connectivity index (χ1n) is 6.50. The molecule has 21 heavy (non-hydrogen) atoms. The van der Waals surface area contributed by atoms with Crippen LogP contribution < -0.4 is 5.14 Å². The molecular weight excluding hydrogens is 292 g/mol. The van der Waals surface area contributed by atoms with Gasteiger partial charge in [-0.1, -0.05) is 13.8 Å². The number of aromatic nitrogens is 3. The van der Waals surface area contributed by atoms with Crippen LogP contribution in [0.3, 0.4) is 0 Å². The van der Waals surface area contributed by atoms with E-state index in [9.17, 15) is 13.5 Å². The number of aliphatic hydroxyl groups is 1. The third-order valence-corrected chi connectivity index (χ3v) is 3.79. The third-order valence-electron chi connectivity index (χ3n) is 2.86. The Labute approximate surface area is 123 Å². The van der Waals surface area contributed by atoms with Crippen LogP contribution >= 0.6 is 0 Å². The number of nitrogens with zero attached hydrogens (tertiary/aromatic N) is 3. The van der Waals surface area contributed by atoms with Crippen LogP contribution in [0.15, 0.2) is 29.2 Å². The molecule has 0 unspecified atom stereocenters. The van der Waals surface area contributed by atoms with Crippen molar-refractivity contribution in [1.82, 2.24) is 14.8 Å². The number of hydrogen-bond donors (Lipinski definition) is 2. The average molecular weight is 310 g/mol. The summed E-state index contributed by atoms with van der Waals surface area (Å²) in [6, 6.07) is 6.06. The lowest BCUT2D eigenvalue weighted by Gasteiger charge is -2.08. The van der Waals surface area contributed by atoms with E-state index in [-0.39, 0.29) is 11.5 Å². The van der Waals surface area contributed by atoms with E-state index < -0.39 is 10.0 Å². The fraction of sp³-hybridized carbons (Fsp3) is 0.385. The molecule has 3 N–H and O–H groups in total. The molecular formula is C13H18N4O3S. The third kappa shape index (κ3) is 3.66. The fourth-order valence-corrected chi connectivity index (χ4v) is 2.46. The van der Waals surface area contributed by atoms with Gasteiger partial charge in [-0.15, -0.1) is 5.10 Å². The number of benzene rings is 1. The molecule has 0 aliphatic carbocycles. The second-order valence-electron chi connectivity index (χ2n) is 5.15. The molecule has 0 spiro atoms. The van der Waals surface area contributed by atoms with E-state index in [2.05, 4.69) is 23.9 Å². The second-order valence-corrected chi connectivity index (χ2v) is 6.71. The Morgan fingerprint density at radius 3 is 2.38 bits per heavy atom. The van der Waals surface area contributed by atoms with Crippen LogP contribution in [0.5, 0.6) is 0 Å². The predicted molar refractivity (Wildman–Crippen MR) is 77.2 cm³/mol. The summed E-state index contributed by atoms with van der Waals surface area (Å²) in [6.07, 6.45) is 0.698. The van der Waals surface area contributed by atoms with E-state index in [0.717, 1.165) is 5.82 Å². The van der Waals surface area contributed by atoms with Crippen molar-refractivity contribution in [2.75, 3.05) is 0 Å². The Balaban J connectivity index is 2.43. The maximum absolute atomic E-state index is 11.3. The Kier molecular flexibility index (Phi) is 4.40. The van der Waals surface area contributed by atoms with E-state index >= 15 is 0 Å². The van der Waals surface area contributed by atoms with Gasteiger partial charge in [-0.2, -0.15) is 0 Å². The molecule has 1 aromatic carbocycles. The van der Waals surface area contributed by atoms with Crippen molar-refractivity contribution in [3.8, 4) is 5.69 Å². The quantitative estimate of drug-likeness (QED) is 0.840. The maximum Gasteiger partial charge on any atom is 0.238 e. The molecule has 7 nitrogen and oxygen atoms in total. The molecule has 0 radical (unpaired) electrons. The van der Waals surface area contributed by atoms with Gasteiger partial charge in [0.25, 0.3) is 0 Å². The SMILES string of the molecule is CC(C)Cc1nc(CO)nn1-c1ccc(S(N)(=O)=O)cc1. The first-order valence-corrected chi connectivity index (χ1v) is 8.05. The molecule has 114 valence electrons. The Morgan fingerprint density at radius 2 is 1.90 bits per heavy atom. The molecule has 0 fully saturated rings. The summed E-state index contributed by atoms with van der Waals surface area (Å²) < 4.78 is 24.1. The van der Waals surface area contributed by atoms with Crippen molar-refractivity contribution >= 4 is 10.0 Å². The van der Waals surface area contributed by atoms with Gasteiger partial charge in [0, 0.05) is 6.42 Å².